The molecule has 0 radical (unpaired) electrons. The van der Waals surface area contributed by atoms with Crippen molar-refractivity contribution in [2.45, 2.75) is 39.2 Å². The minimum Gasteiger partial charge on any atom is -0.360 e. The maximum atomic E-state index is 12.9. The lowest BCUT2D eigenvalue weighted by molar-refractivity contribution is -0.125. The highest BCUT2D eigenvalue weighted by Gasteiger charge is 2.39. The van der Waals surface area contributed by atoms with E-state index in [1.54, 1.807) is 37.0 Å². The molecule has 1 unspecified atom stereocenters. The average Bonchev–Trinajstić information content (AvgIpc) is 3.03. The van der Waals surface area contributed by atoms with Crippen molar-refractivity contribution in [2.24, 2.45) is 0 Å². The Balaban J connectivity index is 2.58. The van der Waals surface area contributed by atoms with Gasteiger partial charge in [-0.3, -0.25) is 9.69 Å². The van der Waals surface area contributed by atoms with Gasteiger partial charge in [0.15, 0.2) is 0 Å². The van der Waals surface area contributed by atoms with Crippen LogP contribution in [0.2, 0.25) is 0 Å². The van der Waals surface area contributed by atoms with Crippen molar-refractivity contribution in [2.75, 3.05) is 32.6 Å². The van der Waals surface area contributed by atoms with E-state index in [1.165, 1.54) is 4.90 Å². The smallest absolute Gasteiger partial charge is 0.322 e. The zero-order valence-corrected chi connectivity index (χ0v) is 17.4. The second-order valence-corrected chi connectivity index (χ2v) is 8.57. The van der Waals surface area contributed by atoms with Crippen molar-refractivity contribution in [3.05, 3.63) is 28.8 Å². The van der Waals surface area contributed by atoms with Crippen molar-refractivity contribution < 1.29 is 14.1 Å². The van der Waals surface area contributed by atoms with Gasteiger partial charge in [0.25, 0.3) is 5.91 Å². The molecule has 0 fully saturated rings. The fourth-order valence-corrected chi connectivity index (χ4v) is 3.37. The second kappa shape index (κ2) is 7.73. The zero-order chi connectivity index (χ0) is 19.6. The zero-order valence-electron chi connectivity index (χ0n) is 16.5. The molecule has 26 heavy (non-hydrogen) atoms. The van der Waals surface area contributed by atoms with E-state index in [1.807, 2.05) is 34.0 Å². The number of hydrogen-bond donors (Lipinski definition) is 1. The van der Waals surface area contributed by atoms with E-state index in [0.717, 1.165) is 11.3 Å². The summed E-state index contributed by atoms with van der Waals surface area (Å²) >= 11 is 1.66. The molecule has 1 aromatic rings. The van der Waals surface area contributed by atoms with E-state index >= 15 is 0 Å². The minimum atomic E-state index is -0.580. The molecule has 2 heterocycles. The molecule has 0 saturated carbocycles. The molecule has 1 N–H and O–H groups in total. The average molecular weight is 381 g/mol. The van der Waals surface area contributed by atoms with Crippen LogP contribution in [0.3, 0.4) is 0 Å². The monoisotopic (exact) mass is 380 g/mol. The van der Waals surface area contributed by atoms with Crippen LogP contribution in [0, 0.1) is 0 Å². The van der Waals surface area contributed by atoms with Gasteiger partial charge in [-0.15, -0.1) is 0 Å². The summed E-state index contributed by atoms with van der Waals surface area (Å²) in [6, 6.07) is -0.790. The van der Waals surface area contributed by atoms with Crippen LogP contribution in [0.1, 0.15) is 45.1 Å². The standard InChI is InChI=1S/C18H28N4O3S/c1-11-13(16(23)21(5)6)14(20-17(24)22(11)8-9-26-7)12-10-19-25-15(12)18(2,3)4/h10,14H,8-9H2,1-7H3,(H,20,24). The van der Waals surface area contributed by atoms with Gasteiger partial charge >= 0.3 is 6.03 Å². The number of hydrogen-bond acceptors (Lipinski definition) is 5. The number of carbonyl (C=O) groups is 2. The first kappa shape index (κ1) is 20.4. The van der Waals surface area contributed by atoms with E-state index in [4.69, 9.17) is 4.52 Å². The summed E-state index contributed by atoms with van der Waals surface area (Å²) in [4.78, 5) is 28.8. The minimum absolute atomic E-state index is 0.136. The third-order valence-corrected chi connectivity index (χ3v) is 4.93. The van der Waals surface area contributed by atoms with Crippen molar-refractivity contribution >= 4 is 23.7 Å². The van der Waals surface area contributed by atoms with E-state index in [2.05, 4.69) is 10.5 Å². The molecular weight excluding hydrogens is 352 g/mol. The molecule has 3 amide bonds. The molecule has 8 heteroatoms. The van der Waals surface area contributed by atoms with E-state index < -0.39 is 6.04 Å². The quantitative estimate of drug-likeness (QED) is 0.850. The normalized spacial score (nSPS) is 18.2. The highest BCUT2D eigenvalue weighted by atomic mass is 32.2. The summed E-state index contributed by atoms with van der Waals surface area (Å²) < 4.78 is 5.47. The summed E-state index contributed by atoms with van der Waals surface area (Å²) in [6.45, 7) is 8.40. The Labute approximate surface area is 159 Å². The predicted molar refractivity (Wildman–Crippen MR) is 103 cm³/mol. The second-order valence-electron chi connectivity index (χ2n) is 7.59. The molecule has 0 bridgehead atoms. The van der Waals surface area contributed by atoms with Gasteiger partial charge in [-0.25, -0.2) is 4.79 Å². The van der Waals surface area contributed by atoms with Crippen LogP contribution in [-0.2, 0) is 10.2 Å². The number of allylic oxidation sites excluding steroid dienone is 1. The molecule has 0 spiro atoms. The first-order valence-electron chi connectivity index (χ1n) is 8.54. The van der Waals surface area contributed by atoms with E-state index in [-0.39, 0.29) is 17.4 Å². The summed E-state index contributed by atoms with van der Waals surface area (Å²) in [5.74, 6) is 1.32. The highest BCUT2D eigenvalue weighted by Crippen LogP contribution is 2.37. The van der Waals surface area contributed by atoms with E-state index in [9.17, 15) is 9.59 Å². The molecule has 1 aliphatic rings. The van der Waals surface area contributed by atoms with Crippen molar-refractivity contribution in [1.29, 1.82) is 0 Å². The highest BCUT2D eigenvalue weighted by molar-refractivity contribution is 7.98. The third kappa shape index (κ3) is 3.90. The molecule has 144 valence electrons. The molecule has 7 nitrogen and oxygen atoms in total. The van der Waals surface area contributed by atoms with Crippen LogP contribution >= 0.6 is 11.8 Å². The summed E-state index contributed by atoms with van der Waals surface area (Å²) in [5.41, 5.74) is 1.64. The van der Waals surface area contributed by atoms with Crippen LogP contribution in [0.25, 0.3) is 0 Å². The Hall–Kier alpha value is -1.96. The van der Waals surface area contributed by atoms with Gasteiger partial charge in [-0.05, 0) is 13.2 Å². The molecule has 1 aliphatic heterocycles. The largest absolute Gasteiger partial charge is 0.360 e. The molecule has 1 atom stereocenters. The van der Waals surface area contributed by atoms with Gasteiger partial charge in [-0.2, -0.15) is 11.8 Å². The van der Waals surface area contributed by atoms with Crippen molar-refractivity contribution in [3.63, 3.8) is 0 Å². The molecule has 2 rings (SSSR count). The van der Waals surface area contributed by atoms with Gasteiger partial charge in [0, 0.05) is 43.1 Å². The Bertz CT molecular complexity index is 718. The van der Waals surface area contributed by atoms with Gasteiger partial charge in [0.05, 0.1) is 17.8 Å². The fourth-order valence-electron chi connectivity index (χ4n) is 3.01. The molecular formula is C18H28N4O3S. The number of rotatable bonds is 5. The lowest BCUT2D eigenvalue weighted by Gasteiger charge is -2.36. The number of likely N-dealkylation sites (N-methyl/N-ethyl adjacent to an activating group) is 1. The molecule has 1 aromatic heterocycles. The fraction of sp³-hybridized carbons (Fsp3) is 0.611. The van der Waals surface area contributed by atoms with Crippen molar-refractivity contribution in [3.8, 4) is 0 Å². The third-order valence-electron chi connectivity index (χ3n) is 4.34. The number of nitrogens with one attached hydrogen (secondary N) is 1. The van der Waals surface area contributed by atoms with Crippen LogP contribution in [-0.4, -0.2) is 59.5 Å². The molecule has 0 aliphatic carbocycles. The van der Waals surface area contributed by atoms with E-state index in [0.29, 0.717) is 23.6 Å². The first-order valence-corrected chi connectivity index (χ1v) is 9.93. The van der Waals surface area contributed by atoms with Crippen molar-refractivity contribution in [1.82, 2.24) is 20.3 Å². The summed E-state index contributed by atoms with van der Waals surface area (Å²) in [5, 5.41) is 6.91. The van der Waals surface area contributed by atoms with Crippen LogP contribution in [0.5, 0.6) is 0 Å². The number of urea groups is 1. The number of thioether (sulfide) groups is 1. The number of carbonyl (C=O) groups excluding carboxylic acids is 2. The predicted octanol–water partition coefficient (Wildman–Crippen LogP) is 2.76. The Morgan fingerprint density at radius 1 is 1.42 bits per heavy atom. The maximum Gasteiger partial charge on any atom is 0.322 e. The first-order chi connectivity index (χ1) is 12.1. The van der Waals surface area contributed by atoms with Crippen LogP contribution in [0.15, 0.2) is 22.0 Å². The Morgan fingerprint density at radius 3 is 2.62 bits per heavy atom. The van der Waals surface area contributed by atoms with Crippen LogP contribution in [0.4, 0.5) is 4.79 Å². The summed E-state index contributed by atoms with van der Waals surface area (Å²) in [6.07, 6.45) is 3.58. The van der Waals surface area contributed by atoms with Crippen LogP contribution < -0.4 is 5.32 Å². The number of amides is 3. The Kier molecular flexibility index (Phi) is 6.05. The molecule has 0 saturated heterocycles. The molecule has 0 aromatic carbocycles. The lowest BCUT2D eigenvalue weighted by Crippen LogP contribution is -2.50. The van der Waals surface area contributed by atoms with Gasteiger partial charge in [-0.1, -0.05) is 25.9 Å². The lowest BCUT2D eigenvalue weighted by atomic mass is 9.85. The number of aromatic nitrogens is 1. The van der Waals surface area contributed by atoms with Gasteiger partial charge < -0.3 is 14.7 Å². The number of nitrogens with zero attached hydrogens (tertiary/aromatic N) is 3. The Morgan fingerprint density at radius 2 is 2.08 bits per heavy atom. The maximum absolute atomic E-state index is 12.9. The topological polar surface area (TPSA) is 78.7 Å². The van der Waals surface area contributed by atoms with Gasteiger partial charge in [0.2, 0.25) is 0 Å². The SMILES string of the molecule is CSCCN1C(=O)NC(c2cnoc2C(C)(C)C)C(C(=O)N(C)C)=C1C. The van der Waals surface area contributed by atoms with Gasteiger partial charge in [0.1, 0.15) is 5.76 Å². The summed E-state index contributed by atoms with van der Waals surface area (Å²) in [7, 11) is 3.42.